The van der Waals surface area contributed by atoms with Crippen molar-refractivity contribution < 1.29 is 4.74 Å². The standard InChI is InChI=1S/C11H13N3OS/c1-7-3-4-10(15-2)8(5-7)11(12)9-6-16-14-13-9/h3-6,11H,12H2,1-2H3. The lowest BCUT2D eigenvalue weighted by Crippen LogP contribution is -2.13. The van der Waals surface area contributed by atoms with Crippen molar-refractivity contribution in [3.63, 3.8) is 0 Å². The third kappa shape index (κ3) is 2.05. The van der Waals surface area contributed by atoms with Crippen molar-refractivity contribution >= 4 is 11.5 Å². The van der Waals surface area contributed by atoms with Crippen LogP contribution in [0.4, 0.5) is 0 Å². The molecular weight excluding hydrogens is 222 g/mol. The number of nitrogens with zero attached hydrogens (tertiary/aromatic N) is 2. The summed E-state index contributed by atoms with van der Waals surface area (Å²) in [5.41, 5.74) is 8.99. The molecule has 0 saturated carbocycles. The van der Waals surface area contributed by atoms with Gasteiger partial charge in [0.2, 0.25) is 0 Å². The topological polar surface area (TPSA) is 61.0 Å². The zero-order valence-electron chi connectivity index (χ0n) is 9.18. The van der Waals surface area contributed by atoms with Gasteiger partial charge in [0.25, 0.3) is 0 Å². The number of rotatable bonds is 3. The summed E-state index contributed by atoms with van der Waals surface area (Å²) in [6, 6.07) is 5.65. The van der Waals surface area contributed by atoms with E-state index in [0.717, 1.165) is 22.6 Å². The van der Waals surface area contributed by atoms with Crippen LogP contribution in [-0.2, 0) is 0 Å². The van der Waals surface area contributed by atoms with Gasteiger partial charge < -0.3 is 10.5 Å². The lowest BCUT2D eigenvalue weighted by Gasteiger charge is -2.14. The van der Waals surface area contributed by atoms with E-state index in [4.69, 9.17) is 10.5 Å². The van der Waals surface area contributed by atoms with Crippen molar-refractivity contribution in [3.8, 4) is 5.75 Å². The summed E-state index contributed by atoms with van der Waals surface area (Å²) in [4.78, 5) is 0. The summed E-state index contributed by atoms with van der Waals surface area (Å²) in [7, 11) is 1.64. The number of aromatic nitrogens is 2. The number of hydrogen-bond donors (Lipinski definition) is 1. The molecule has 1 atom stereocenters. The Morgan fingerprint density at radius 3 is 2.88 bits per heavy atom. The molecule has 84 valence electrons. The maximum atomic E-state index is 6.13. The van der Waals surface area contributed by atoms with Crippen LogP contribution in [0.1, 0.15) is 22.9 Å². The molecule has 0 spiro atoms. The Labute approximate surface area is 98.2 Å². The van der Waals surface area contributed by atoms with Crippen molar-refractivity contribution in [2.24, 2.45) is 5.73 Å². The van der Waals surface area contributed by atoms with E-state index in [2.05, 4.69) is 9.59 Å². The molecule has 0 radical (unpaired) electrons. The highest BCUT2D eigenvalue weighted by Crippen LogP contribution is 2.28. The Bertz CT molecular complexity index is 470. The Kier molecular flexibility index (Phi) is 3.17. The van der Waals surface area contributed by atoms with Gasteiger partial charge in [-0.15, -0.1) is 5.10 Å². The van der Waals surface area contributed by atoms with Crippen molar-refractivity contribution in [2.75, 3.05) is 7.11 Å². The van der Waals surface area contributed by atoms with Gasteiger partial charge in [-0.3, -0.25) is 0 Å². The van der Waals surface area contributed by atoms with Gasteiger partial charge in [-0.25, -0.2) is 0 Å². The lowest BCUT2D eigenvalue weighted by atomic mass is 10.0. The molecule has 1 heterocycles. The molecule has 0 bridgehead atoms. The van der Waals surface area contributed by atoms with Gasteiger partial charge in [0.1, 0.15) is 5.75 Å². The van der Waals surface area contributed by atoms with E-state index in [-0.39, 0.29) is 6.04 Å². The second kappa shape index (κ2) is 4.59. The molecule has 0 amide bonds. The number of benzene rings is 1. The molecule has 1 aromatic carbocycles. The van der Waals surface area contributed by atoms with Crippen molar-refractivity contribution in [1.82, 2.24) is 9.59 Å². The van der Waals surface area contributed by atoms with E-state index in [1.54, 1.807) is 7.11 Å². The van der Waals surface area contributed by atoms with Crippen LogP contribution < -0.4 is 10.5 Å². The lowest BCUT2D eigenvalue weighted by molar-refractivity contribution is 0.407. The van der Waals surface area contributed by atoms with Gasteiger partial charge in [0.05, 0.1) is 18.8 Å². The van der Waals surface area contributed by atoms with E-state index < -0.39 is 0 Å². The van der Waals surface area contributed by atoms with Crippen LogP contribution >= 0.6 is 11.5 Å². The minimum Gasteiger partial charge on any atom is -0.496 e. The van der Waals surface area contributed by atoms with Gasteiger partial charge in [0.15, 0.2) is 0 Å². The molecule has 5 heteroatoms. The van der Waals surface area contributed by atoms with Gasteiger partial charge in [-0.1, -0.05) is 22.2 Å². The molecule has 1 aromatic heterocycles. The zero-order chi connectivity index (χ0) is 11.5. The maximum absolute atomic E-state index is 6.13. The highest BCUT2D eigenvalue weighted by molar-refractivity contribution is 7.03. The summed E-state index contributed by atoms with van der Waals surface area (Å²) in [6.45, 7) is 2.02. The molecule has 0 aliphatic heterocycles. The second-order valence-corrected chi connectivity index (χ2v) is 4.16. The van der Waals surface area contributed by atoms with E-state index in [1.807, 2.05) is 30.5 Å². The molecule has 0 saturated heterocycles. The molecular formula is C11H13N3OS. The van der Waals surface area contributed by atoms with Crippen molar-refractivity contribution in [3.05, 3.63) is 40.4 Å². The Morgan fingerprint density at radius 2 is 2.25 bits per heavy atom. The third-order valence-corrected chi connectivity index (χ3v) is 2.94. The summed E-state index contributed by atoms with van der Waals surface area (Å²) >= 11 is 1.30. The minimum absolute atomic E-state index is 0.284. The molecule has 0 aliphatic rings. The van der Waals surface area contributed by atoms with Crippen LogP contribution in [0, 0.1) is 6.92 Å². The zero-order valence-corrected chi connectivity index (χ0v) is 9.99. The molecule has 2 N–H and O–H groups in total. The summed E-state index contributed by atoms with van der Waals surface area (Å²) in [5, 5.41) is 5.84. The molecule has 16 heavy (non-hydrogen) atoms. The minimum atomic E-state index is -0.284. The third-order valence-electron chi connectivity index (χ3n) is 2.42. The van der Waals surface area contributed by atoms with Crippen LogP contribution in [0.15, 0.2) is 23.6 Å². The van der Waals surface area contributed by atoms with Gasteiger partial charge in [-0.05, 0) is 24.5 Å². The van der Waals surface area contributed by atoms with E-state index in [0.29, 0.717) is 0 Å². The quantitative estimate of drug-likeness (QED) is 0.882. The fourth-order valence-corrected chi connectivity index (χ4v) is 2.05. The fourth-order valence-electron chi connectivity index (χ4n) is 1.56. The van der Waals surface area contributed by atoms with Crippen molar-refractivity contribution in [2.45, 2.75) is 13.0 Å². The van der Waals surface area contributed by atoms with E-state index in [9.17, 15) is 0 Å². The Balaban J connectivity index is 2.42. The largest absolute Gasteiger partial charge is 0.496 e. The Hall–Kier alpha value is -1.46. The first-order chi connectivity index (χ1) is 7.72. The van der Waals surface area contributed by atoms with Crippen LogP contribution in [0.2, 0.25) is 0 Å². The molecule has 2 rings (SSSR count). The number of aryl methyl sites for hydroxylation is 1. The highest BCUT2D eigenvalue weighted by Gasteiger charge is 2.16. The maximum Gasteiger partial charge on any atom is 0.124 e. The van der Waals surface area contributed by atoms with Crippen LogP contribution in [0.25, 0.3) is 0 Å². The second-order valence-electron chi connectivity index (χ2n) is 3.55. The summed E-state index contributed by atoms with van der Waals surface area (Å²) in [6.07, 6.45) is 0. The van der Waals surface area contributed by atoms with Crippen LogP contribution in [-0.4, -0.2) is 16.7 Å². The molecule has 0 aliphatic carbocycles. The monoisotopic (exact) mass is 235 g/mol. The predicted octanol–water partition coefficient (Wildman–Crippen LogP) is 1.90. The van der Waals surface area contributed by atoms with Crippen LogP contribution in [0.5, 0.6) is 5.75 Å². The molecule has 4 nitrogen and oxygen atoms in total. The van der Waals surface area contributed by atoms with E-state index >= 15 is 0 Å². The molecule has 2 aromatic rings. The summed E-state index contributed by atoms with van der Waals surface area (Å²) in [5.74, 6) is 0.783. The first kappa shape index (κ1) is 11.0. The van der Waals surface area contributed by atoms with Gasteiger partial charge in [-0.2, -0.15) is 0 Å². The average Bonchev–Trinajstić information content (AvgIpc) is 2.81. The van der Waals surface area contributed by atoms with Crippen molar-refractivity contribution in [1.29, 1.82) is 0 Å². The average molecular weight is 235 g/mol. The fraction of sp³-hybridized carbons (Fsp3) is 0.273. The van der Waals surface area contributed by atoms with Crippen LogP contribution in [0.3, 0.4) is 0 Å². The highest BCUT2D eigenvalue weighted by atomic mass is 32.1. The van der Waals surface area contributed by atoms with Gasteiger partial charge >= 0.3 is 0 Å². The van der Waals surface area contributed by atoms with Gasteiger partial charge in [0, 0.05) is 10.9 Å². The number of hydrogen-bond acceptors (Lipinski definition) is 5. The Morgan fingerprint density at radius 1 is 1.44 bits per heavy atom. The molecule has 1 unspecified atom stereocenters. The SMILES string of the molecule is COc1ccc(C)cc1C(N)c1csnn1. The summed E-state index contributed by atoms with van der Waals surface area (Å²) < 4.78 is 9.11. The van der Waals surface area contributed by atoms with E-state index in [1.165, 1.54) is 11.5 Å². The number of nitrogens with two attached hydrogens (primary N) is 1. The number of ether oxygens (including phenoxy) is 1. The normalized spacial score (nSPS) is 12.4. The first-order valence-electron chi connectivity index (χ1n) is 4.89. The smallest absolute Gasteiger partial charge is 0.124 e. The molecule has 0 fully saturated rings. The first-order valence-corrected chi connectivity index (χ1v) is 5.73. The predicted molar refractivity (Wildman–Crippen MR) is 63.7 cm³/mol. The number of methoxy groups -OCH3 is 1.